The van der Waals surface area contributed by atoms with E-state index >= 15 is 0 Å². The van der Waals surface area contributed by atoms with Gasteiger partial charge >= 0.3 is 0 Å². The molecule has 0 aliphatic carbocycles. The van der Waals surface area contributed by atoms with Crippen molar-refractivity contribution >= 4 is 17.3 Å². The van der Waals surface area contributed by atoms with Crippen LogP contribution in [0, 0.1) is 0 Å². The predicted molar refractivity (Wildman–Crippen MR) is 108 cm³/mol. The average Bonchev–Trinajstić information content (AvgIpc) is 3.23. The van der Waals surface area contributed by atoms with E-state index in [0.29, 0.717) is 12.8 Å². The van der Waals surface area contributed by atoms with Crippen LogP contribution in [0.5, 0.6) is 0 Å². The fraction of sp³-hybridized carbons (Fsp3) is 0.273. The van der Waals surface area contributed by atoms with Crippen molar-refractivity contribution < 1.29 is 14.1 Å². The third-order valence-corrected chi connectivity index (χ3v) is 4.83. The maximum atomic E-state index is 12.4. The SMILES string of the molecule is O=C(CCc1cnoc1-c1ccccc1)Nc1ccc(N2CCOCC2)cc1. The fourth-order valence-corrected chi connectivity index (χ4v) is 3.31. The number of anilines is 2. The van der Waals surface area contributed by atoms with E-state index in [9.17, 15) is 4.79 Å². The van der Waals surface area contributed by atoms with Gasteiger partial charge < -0.3 is 19.5 Å². The van der Waals surface area contributed by atoms with Gasteiger partial charge in [-0.3, -0.25) is 4.79 Å². The number of amides is 1. The molecule has 6 nitrogen and oxygen atoms in total. The summed E-state index contributed by atoms with van der Waals surface area (Å²) in [6.45, 7) is 3.31. The van der Waals surface area contributed by atoms with Crippen LogP contribution in [0.3, 0.4) is 0 Å². The van der Waals surface area contributed by atoms with Crippen molar-refractivity contribution in [3.8, 4) is 11.3 Å². The molecule has 6 heteroatoms. The van der Waals surface area contributed by atoms with Crippen molar-refractivity contribution in [3.05, 3.63) is 66.4 Å². The Morgan fingerprint density at radius 2 is 1.79 bits per heavy atom. The molecule has 1 aromatic heterocycles. The lowest BCUT2D eigenvalue weighted by Crippen LogP contribution is -2.36. The second-order valence-corrected chi connectivity index (χ2v) is 6.74. The molecule has 0 spiro atoms. The minimum Gasteiger partial charge on any atom is -0.378 e. The first kappa shape index (κ1) is 18.3. The third kappa shape index (κ3) is 4.40. The Morgan fingerprint density at radius 3 is 2.54 bits per heavy atom. The number of carbonyl (C=O) groups is 1. The molecule has 1 aliphatic heterocycles. The molecule has 3 aromatic rings. The Balaban J connectivity index is 1.32. The molecule has 2 aromatic carbocycles. The molecule has 0 atom stereocenters. The first-order valence-corrected chi connectivity index (χ1v) is 9.51. The van der Waals surface area contributed by atoms with Gasteiger partial charge in [-0.25, -0.2) is 0 Å². The predicted octanol–water partition coefficient (Wildman–Crippen LogP) is 3.75. The molecule has 1 amide bonds. The lowest BCUT2D eigenvalue weighted by molar-refractivity contribution is -0.116. The summed E-state index contributed by atoms with van der Waals surface area (Å²) < 4.78 is 10.8. The summed E-state index contributed by atoms with van der Waals surface area (Å²) in [5.41, 5.74) is 3.85. The van der Waals surface area contributed by atoms with Gasteiger partial charge in [0.2, 0.25) is 5.91 Å². The van der Waals surface area contributed by atoms with Gasteiger partial charge in [-0.15, -0.1) is 0 Å². The van der Waals surface area contributed by atoms with E-state index in [1.165, 1.54) is 0 Å². The molecular formula is C22H23N3O3. The van der Waals surface area contributed by atoms with Gasteiger partial charge in [0.1, 0.15) is 0 Å². The van der Waals surface area contributed by atoms with Crippen molar-refractivity contribution in [1.29, 1.82) is 0 Å². The molecule has 144 valence electrons. The van der Waals surface area contributed by atoms with Crippen LogP contribution in [0.1, 0.15) is 12.0 Å². The van der Waals surface area contributed by atoms with E-state index in [-0.39, 0.29) is 5.91 Å². The zero-order chi connectivity index (χ0) is 19.2. The highest BCUT2D eigenvalue weighted by atomic mass is 16.5. The number of nitrogens with zero attached hydrogens (tertiary/aromatic N) is 2. The van der Waals surface area contributed by atoms with Crippen LogP contribution in [0.25, 0.3) is 11.3 Å². The summed E-state index contributed by atoms with van der Waals surface area (Å²) >= 11 is 0. The summed E-state index contributed by atoms with van der Waals surface area (Å²) in [6.07, 6.45) is 2.63. The van der Waals surface area contributed by atoms with Crippen LogP contribution in [0.2, 0.25) is 0 Å². The molecule has 0 unspecified atom stereocenters. The van der Waals surface area contributed by atoms with E-state index in [1.54, 1.807) is 6.20 Å². The second kappa shape index (κ2) is 8.71. The highest BCUT2D eigenvalue weighted by Gasteiger charge is 2.13. The van der Waals surface area contributed by atoms with Gasteiger partial charge in [0.25, 0.3) is 0 Å². The van der Waals surface area contributed by atoms with E-state index in [2.05, 4.69) is 15.4 Å². The molecule has 1 aliphatic rings. The Hall–Kier alpha value is -3.12. The van der Waals surface area contributed by atoms with Crippen molar-refractivity contribution in [2.24, 2.45) is 0 Å². The number of hydrogen-bond donors (Lipinski definition) is 1. The molecule has 0 saturated carbocycles. The quantitative estimate of drug-likeness (QED) is 0.709. The third-order valence-electron chi connectivity index (χ3n) is 4.83. The first-order chi connectivity index (χ1) is 13.8. The summed E-state index contributed by atoms with van der Waals surface area (Å²) in [4.78, 5) is 14.6. The lowest BCUT2D eigenvalue weighted by atomic mass is 10.1. The number of ether oxygens (including phenoxy) is 1. The maximum absolute atomic E-state index is 12.4. The largest absolute Gasteiger partial charge is 0.378 e. The molecule has 28 heavy (non-hydrogen) atoms. The van der Waals surface area contributed by atoms with Crippen LogP contribution in [0.15, 0.2) is 65.3 Å². The summed E-state index contributed by atoms with van der Waals surface area (Å²) in [7, 11) is 0. The van der Waals surface area contributed by atoms with Gasteiger partial charge in [-0.1, -0.05) is 35.5 Å². The first-order valence-electron chi connectivity index (χ1n) is 9.51. The van der Waals surface area contributed by atoms with Crippen molar-refractivity contribution in [3.63, 3.8) is 0 Å². The Kier molecular flexibility index (Phi) is 5.68. The van der Waals surface area contributed by atoms with Gasteiger partial charge in [0, 0.05) is 42.0 Å². The lowest BCUT2D eigenvalue weighted by Gasteiger charge is -2.28. The van der Waals surface area contributed by atoms with Crippen LogP contribution in [-0.2, 0) is 16.0 Å². The van der Waals surface area contributed by atoms with Crippen molar-refractivity contribution in [2.75, 3.05) is 36.5 Å². The minimum absolute atomic E-state index is 0.0284. The van der Waals surface area contributed by atoms with Crippen LogP contribution >= 0.6 is 0 Å². The van der Waals surface area contributed by atoms with Gasteiger partial charge in [0.15, 0.2) is 5.76 Å². The highest BCUT2D eigenvalue weighted by molar-refractivity contribution is 5.91. The number of aromatic nitrogens is 1. The normalized spacial score (nSPS) is 14.1. The number of benzene rings is 2. The number of nitrogens with one attached hydrogen (secondary N) is 1. The summed E-state index contributed by atoms with van der Waals surface area (Å²) in [6, 6.07) is 17.8. The van der Waals surface area contributed by atoms with E-state index in [4.69, 9.17) is 9.26 Å². The molecule has 1 saturated heterocycles. The standard InChI is InChI=1S/C22H23N3O3/c26-21(11-6-18-16-23-28-22(18)17-4-2-1-3-5-17)24-19-7-9-20(10-8-19)25-12-14-27-15-13-25/h1-5,7-10,16H,6,11-15H2,(H,24,26). The molecule has 1 N–H and O–H groups in total. The topological polar surface area (TPSA) is 67.6 Å². The summed E-state index contributed by atoms with van der Waals surface area (Å²) in [5.74, 6) is 0.697. The van der Waals surface area contributed by atoms with Crippen LogP contribution < -0.4 is 10.2 Å². The second-order valence-electron chi connectivity index (χ2n) is 6.74. The zero-order valence-corrected chi connectivity index (χ0v) is 15.6. The monoisotopic (exact) mass is 377 g/mol. The van der Waals surface area contributed by atoms with Gasteiger partial charge in [-0.05, 0) is 30.7 Å². The number of rotatable bonds is 6. The number of hydrogen-bond acceptors (Lipinski definition) is 5. The van der Waals surface area contributed by atoms with Crippen molar-refractivity contribution in [2.45, 2.75) is 12.8 Å². The number of morpholine rings is 1. The van der Waals surface area contributed by atoms with Crippen LogP contribution in [-0.4, -0.2) is 37.4 Å². The van der Waals surface area contributed by atoms with Gasteiger partial charge in [0.05, 0.1) is 19.4 Å². The molecule has 2 heterocycles. The van der Waals surface area contributed by atoms with E-state index < -0.39 is 0 Å². The van der Waals surface area contributed by atoms with E-state index in [0.717, 1.165) is 54.6 Å². The van der Waals surface area contributed by atoms with E-state index in [1.807, 2.05) is 54.6 Å². The maximum Gasteiger partial charge on any atom is 0.224 e. The molecule has 0 radical (unpaired) electrons. The van der Waals surface area contributed by atoms with Gasteiger partial charge in [-0.2, -0.15) is 0 Å². The molecule has 1 fully saturated rings. The zero-order valence-electron chi connectivity index (χ0n) is 15.6. The minimum atomic E-state index is -0.0284. The molecule has 4 rings (SSSR count). The van der Waals surface area contributed by atoms with Crippen molar-refractivity contribution in [1.82, 2.24) is 5.16 Å². The highest BCUT2D eigenvalue weighted by Crippen LogP contribution is 2.24. The smallest absolute Gasteiger partial charge is 0.224 e. The Morgan fingerprint density at radius 1 is 1.04 bits per heavy atom. The number of carbonyl (C=O) groups excluding carboxylic acids is 1. The van der Waals surface area contributed by atoms with Crippen LogP contribution in [0.4, 0.5) is 11.4 Å². The molecular weight excluding hydrogens is 354 g/mol. The Labute approximate surface area is 164 Å². The average molecular weight is 377 g/mol. The fourth-order valence-electron chi connectivity index (χ4n) is 3.31. The number of aryl methyl sites for hydroxylation is 1. The summed E-state index contributed by atoms with van der Waals surface area (Å²) in [5, 5.41) is 6.85. The Bertz CT molecular complexity index is 900. The molecule has 0 bridgehead atoms.